The summed E-state index contributed by atoms with van der Waals surface area (Å²) in [6.07, 6.45) is 2.83. The highest BCUT2D eigenvalue weighted by Gasteiger charge is 2.35. The Balaban J connectivity index is 1.51. The van der Waals surface area contributed by atoms with E-state index in [4.69, 9.17) is 0 Å². The highest BCUT2D eigenvalue weighted by molar-refractivity contribution is 6.00. The minimum absolute atomic E-state index is 0.00819. The quantitative estimate of drug-likeness (QED) is 0.863. The molecular weight excluding hydrogens is 314 g/mol. The molecule has 1 N–H and O–H groups in total. The molecule has 1 aromatic rings. The lowest BCUT2D eigenvalue weighted by Crippen LogP contribution is -2.37. The zero-order valence-electron chi connectivity index (χ0n) is 15.3. The Labute approximate surface area is 150 Å². The van der Waals surface area contributed by atoms with Gasteiger partial charge in [0, 0.05) is 31.7 Å². The number of benzene rings is 1. The smallest absolute Gasteiger partial charge is 0.227 e. The van der Waals surface area contributed by atoms with E-state index in [1.54, 1.807) is 4.90 Å². The van der Waals surface area contributed by atoms with Gasteiger partial charge in [0.15, 0.2) is 0 Å². The summed E-state index contributed by atoms with van der Waals surface area (Å²) in [5.74, 6) is 0.277. The Hall–Kier alpha value is -1.88. The van der Waals surface area contributed by atoms with E-state index in [0.717, 1.165) is 25.3 Å². The zero-order valence-corrected chi connectivity index (χ0v) is 15.3. The topological polar surface area (TPSA) is 52.7 Å². The lowest BCUT2D eigenvalue weighted by atomic mass is 10.0. The molecule has 1 atom stereocenters. The Morgan fingerprint density at radius 2 is 1.88 bits per heavy atom. The van der Waals surface area contributed by atoms with Gasteiger partial charge in [-0.25, -0.2) is 0 Å². The van der Waals surface area contributed by atoms with E-state index in [1.807, 2.05) is 12.1 Å². The second-order valence-electron chi connectivity index (χ2n) is 7.49. The number of anilines is 1. The molecule has 0 bridgehead atoms. The number of rotatable bonds is 6. The number of carbonyl (C=O) groups is 2. The van der Waals surface area contributed by atoms with Gasteiger partial charge in [0.25, 0.3) is 0 Å². The highest BCUT2D eigenvalue weighted by Crippen LogP contribution is 2.26. The van der Waals surface area contributed by atoms with E-state index in [-0.39, 0.29) is 17.7 Å². The number of amides is 2. The predicted molar refractivity (Wildman–Crippen MR) is 99.7 cm³/mol. The molecule has 2 aliphatic heterocycles. The van der Waals surface area contributed by atoms with Crippen molar-refractivity contribution >= 4 is 17.5 Å². The summed E-state index contributed by atoms with van der Waals surface area (Å²) in [4.78, 5) is 28.8. The third-order valence-corrected chi connectivity index (χ3v) is 5.29. The maximum atomic E-state index is 12.4. The second-order valence-corrected chi connectivity index (χ2v) is 7.49. The predicted octanol–water partition coefficient (Wildman–Crippen LogP) is 2.37. The van der Waals surface area contributed by atoms with Crippen molar-refractivity contribution in [1.29, 1.82) is 0 Å². The van der Waals surface area contributed by atoms with Gasteiger partial charge in [-0.05, 0) is 49.5 Å². The molecule has 2 amide bonds. The Morgan fingerprint density at radius 1 is 1.20 bits per heavy atom. The SMILES string of the molecule is CC(C)c1ccc(N2C[C@H](C(=O)NCCN3CCCC3)CC2=O)cc1. The van der Waals surface area contributed by atoms with Crippen molar-refractivity contribution in [2.75, 3.05) is 37.6 Å². The second kappa shape index (κ2) is 8.00. The molecule has 0 unspecified atom stereocenters. The number of carbonyl (C=O) groups excluding carboxylic acids is 2. The van der Waals surface area contributed by atoms with E-state index >= 15 is 0 Å². The van der Waals surface area contributed by atoms with Gasteiger partial charge in [-0.2, -0.15) is 0 Å². The van der Waals surface area contributed by atoms with Gasteiger partial charge in [0.1, 0.15) is 0 Å². The van der Waals surface area contributed by atoms with Crippen LogP contribution in [0.1, 0.15) is 44.6 Å². The number of hydrogen-bond donors (Lipinski definition) is 1. The lowest BCUT2D eigenvalue weighted by molar-refractivity contribution is -0.126. The molecule has 0 radical (unpaired) electrons. The molecule has 0 spiro atoms. The minimum Gasteiger partial charge on any atom is -0.355 e. The van der Waals surface area contributed by atoms with E-state index in [2.05, 4.69) is 36.2 Å². The average molecular weight is 343 g/mol. The van der Waals surface area contributed by atoms with Crippen LogP contribution in [0.15, 0.2) is 24.3 Å². The number of nitrogens with zero attached hydrogens (tertiary/aromatic N) is 2. The molecule has 5 nitrogen and oxygen atoms in total. The standard InChI is InChI=1S/C20H29N3O2/c1-15(2)16-5-7-18(8-6-16)23-14-17(13-19(23)24)20(25)21-9-12-22-10-3-4-11-22/h5-8,15,17H,3-4,9-14H2,1-2H3,(H,21,25)/t17-/m1/s1. The van der Waals surface area contributed by atoms with Crippen molar-refractivity contribution < 1.29 is 9.59 Å². The van der Waals surface area contributed by atoms with Crippen molar-refractivity contribution in [3.8, 4) is 0 Å². The molecule has 25 heavy (non-hydrogen) atoms. The summed E-state index contributed by atoms with van der Waals surface area (Å²) in [5.41, 5.74) is 2.15. The fourth-order valence-corrected chi connectivity index (χ4v) is 3.66. The van der Waals surface area contributed by atoms with Crippen LogP contribution in [-0.2, 0) is 9.59 Å². The van der Waals surface area contributed by atoms with Crippen molar-refractivity contribution in [1.82, 2.24) is 10.2 Å². The summed E-state index contributed by atoms with van der Waals surface area (Å²) in [6, 6.07) is 8.11. The van der Waals surface area contributed by atoms with Crippen molar-refractivity contribution in [2.45, 2.75) is 39.0 Å². The first-order chi connectivity index (χ1) is 12.0. The third kappa shape index (κ3) is 4.40. The fraction of sp³-hybridized carbons (Fsp3) is 0.600. The monoisotopic (exact) mass is 343 g/mol. The molecule has 5 heteroatoms. The van der Waals surface area contributed by atoms with Crippen LogP contribution in [0.2, 0.25) is 0 Å². The van der Waals surface area contributed by atoms with Crippen LogP contribution in [0.5, 0.6) is 0 Å². The summed E-state index contributed by atoms with van der Waals surface area (Å²) in [7, 11) is 0. The maximum absolute atomic E-state index is 12.4. The first kappa shape index (κ1) is 17.9. The molecule has 2 aliphatic rings. The van der Waals surface area contributed by atoms with E-state index in [9.17, 15) is 9.59 Å². The third-order valence-electron chi connectivity index (χ3n) is 5.29. The van der Waals surface area contributed by atoms with Crippen LogP contribution in [0.25, 0.3) is 0 Å². The Morgan fingerprint density at radius 3 is 2.52 bits per heavy atom. The molecule has 0 saturated carbocycles. The molecule has 0 aromatic heterocycles. The van der Waals surface area contributed by atoms with Gasteiger partial charge in [0.2, 0.25) is 11.8 Å². The Kier molecular flexibility index (Phi) is 5.74. The van der Waals surface area contributed by atoms with Gasteiger partial charge in [-0.15, -0.1) is 0 Å². The van der Waals surface area contributed by atoms with Crippen LogP contribution in [-0.4, -0.2) is 49.4 Å². The Bertz CT molecular complexity index is 606. The number of hydrogen-bond acceptors (Lipinski definition) is 3. The van der Waals surface area contributed by atoms with Crippen molar-refractivity contribution in [3.63, 3.8) is 0 Å². The molecule has 0 aliphatic carbocycles. The van der Waals surface area contributed by atoms with E-state index in [1.165, 1.54) is 18.4 Å². The van der Waals surface area contributed by atoms with Gasteiger partial charge in [0.05, 0.1) is 5.92 Å². The fourth-order valence-electron chi connectivity index (χ4n) is 3.66. The van der Waals surface area contributed by atoms with Crippen LogP contribution >= 0.6 is 0 Å². The molecule has 2 saturated heterocycles. The molecule has 136 valence electrons. The summed E-state index contributed by atoms with van der Waals surface area (Å²) >= 11 is 0. The van der Waals surface area contributed by atoms with Crippen LogP contribution in [0.4, 0.5) is 5.69 Å². The van der Waals surface area contributed by atoms with Gasteiger partial charge in [-0.3, -0.25) is 9.59 Å². The first-order valence-corrected chi connectivity index (χ1v) is 9.45. The summed E-state index contributed by atoms with van der Waals surface area (Å²) in [6.45, 7) is 8.64. The molecular formula is C20H29N3O2. The summed E-state index contributed by atoms with van der Waals surface area (Å²) in [5, 5.41) is 3.01. The number of nitrogens with one attached hydrogen (secondary N) is 1. The van der Waals surface area contributed by atoms with Gasteiger partial charge < -0.3 is 15.1 Å². The normalized spacial score (nSPS) is 21.3. The average Bonchev–Trinajstić information content (AvgIpc) is 3.24. The van der Waals surface area contributed by atoms with Gasteiger partial charge in [-0.1, -0.05) is 26.0 Å². The minimum atomic E-state index is -0.240. The largest absolute Gasteiger partial charge is 0.355 e. The van der Waals surface area contributed by atoms with Crippen molar-refractivity contribution in [2.24, 2.45) is 5.92 Å². The van der Waals surface area contributed by atoms with Crippen LogP contribution in [0.3, 0.4) is 0 Å². The molecule has 2 heterocycles. The lowest BCUT2D eigenvalue weighted by Gasteiger charge is -2.18. The van der Waals surface area contributed by atoms with Crippen molar-refractivity contribution in [3.05, 3.63) is 29.8 Å². The highest BCUT2D eigenvalue weighted by atomic mass is 16.2. The number of likely N-dealkylation sites (tertiary alicyclic amines) is 1. The molecule has 2 fully saturated rings. The van der Waals surface area contributed by atoms with Crippen LogP contribution < -0.4 is 10.2 Å². The molecule has 3 rings (SSSR count). The van der Waals surface area contributed by atoms with Crippen LogP contribution in [0, 0.1) is 5.92 Å². The molecule has 1 aromatic carbocycles. The maximum Gasteiger partial charge on any atom is 0.227 e. The van der Waals surface area contributed by atoms with Gasteiger partial charge >= 0.3 is 0 Å². The van der Waals surface area contributed by atoms with E-state index in [0.29, 0.717) is 25.4 Å². The summed E-state index contributed by atoms with van der Waals surface area (Å²) < 4.78 is 0. The first-order valence-electron chi connectivity index (χ1n) is 9.45. The van der Waals surface area contributed by atoms with E-state index < -0.39 is 0 Å². The zero-order chi connectivity index (χ0) is 17.8.